The highest BCUT2D eigenvalue weighted by molar-refractivity contribution is 6.22. The zero-order valence-corrected chi connectivity index (χ0v) is 19.3. The predicted molar refractivity (Wildman–Crippen MR) is 132 cm³/mol. The first kappa shape index (κ1) is 20.9. The van der Waals surface area contributed by atoms with Crippen molar-refractivity contribution in [2.24, 2.45) is 23.7 Å². The van der Waals surface area contributed by atoms with Gasteiger partial charge in [-0.1, -0.05) is 68.5 Å². The molecule has 0 aromatic heterocycles. The van der Waals surface area contributed by atoms with Crippen molar-refractivity contribution in [2.75, 3.05) is 4.90 Å². The number of hydrogen-bond donors (Lipinski definition) is 0. The maximum atomic E-state index is 13.0. The molecule has 2 aliphatic carbocycles. The zero-order chi connectivity index (χ0) is 23.4. The minimum atomic E-state index is -0.183. The van der Waals surface area contributed by atoms with Crippen molar-refractivity contribution in [3.8, 4) is 11.5 Å². The number of carbonyl (C=O) groups excluding carboxylic acids is 2. The van der Waals surface area contributed by atoms with Crippen LogP contribution in [0, 0.1) is 23.7 Å². The molecule has 1 saturated carbocycles. The molecule has 0 N–H and O–H groups in total. The van der Waals surface area contributed by atoms with Gasteiger partial charge in [0.2, 0.25) is 11.8 Å². The molecule has 6 rings (SSSR count). The van der Waals surface area contributed by atoms with Gasteiger partial charge in [0.15, 0.2) is 0 Å². The fourth-order valence-electron chi connectivity index (χ4n) is 5.92. The molecule has 4 atom stereocenters. The van der Waals surface area contributed by atoms with Gasteiger partial charge in [-0.05, 0) is 65.8 Å². The Labute approximate surface area is 199 Å². The van der Waals surface area contributed by atoms with Gasteiger partial charge in [0.05, 0.1) is 17.5 Å². The van der Waals surface area contributed by atoms with Gasteiger partial charge in [0.1, 0.15) is 11.5 Å². The number of allylic oxidation sites excluding steroid dienone is 2. The van der Waals surface area contributed by atoms with Gasteiger partial charge in [-0.2, -0.15) is 0 Å². The lowest BCUT2D eigenvalue weighted by atomic mass is 9.78. The van der Waals surface area contributed by atoms with Crippen LogP contribution in [0.25, 0.3) is 0 Å². The van der Waals surface area contributed by atoms with Crippen molar-refractivity contribution < 1.29 is 14.3 Å². The number of hydrogen-bond acceptors (Lipinski definition) is 3. The second-order valence-electron chi connectivity index (χ2n) is 10.1. The van der Waals surface area contributed by atoms with Crippen LogP contribution >= 0.6 is 0 Å². The normalized spacial score (nSPS) is 25.2. The molecule has 170 valence electrons. The van der Waals surface area contributed by atoms with Crippen molar-refractivity contribution in [3.63, 3.8) is 0 Å². The number of rotatable bonds is 5. The van der Waals surface area contributed by atoms with E-state index in [1.165, 1.54) is 16.0 Å². The highest BCUT2D eigenvalue weighted by atomic mass is 16.5. The summed E-state index contributed by atoms with van der Waals surface area (Å²) in [5.74, 6) is 1.36. The molecule has 2 amide bonds. The third-order valence-corrected chi connectivity index (χ3v) is 7.87. The molecule has 0 radical (unpaired) electrons. The number of nitrogens with zero attached hydrogens (tertiary/aromatic N) is 1. The summed E-state index contributed by atoms with van der Waals surface area (Å²) in [7, 11) is 0. The van der Waals surface area contributed by atoms with E-state index in [4.69, 9.17) is 4.74 Å². The van der Waals surface area contributed by atoms with Crippen LogP contribution in [0.1, 0.15) is 31.4 Å². The predicted octanol–water partition coefficient (Wildman–Crippen LogP) is 6.12. The Morgan fingerprint density at radius 3 is 1.76 bits per heavy atom. The fourth-order valence-corrected chi connectivity index (χ4v) is 5.92. The van der Waals surface area contributed by atoms with E-state index in [2.05, 4.69) is 62.4 Å². The lowest BCUT2D eigenvalue weighted by Crippen LogP contribution is -2.32. The maximum Gasteiger partial charge on any atom is 0.238 e. The number of fused-ring (bicyclic) bond motifs is 5. The summed E-state index contributed by atoms with van der Waals surface area (Å²) >= 11 is 0. The van der Waals surface area contributed by atoms with Crippen LogP contribution < -0.4 is 9.64 Å². The van der Waals surface area contributed by atoms with Crippen molar-refractivity contribution in [3.05, 3.63) is 102 Å². The number of imide groups is 1. The van der Waals surface area contributed by atoms with Crippen LogP contribution in [-0.4, -0.2) is 11.8 Å². The minimum absolute atomic E-state index is 0.0582. The van der Waals surface area contributed by atoms with Gasteiger partial charge < -0.3 is 4.74 Å². The Morgan fingerprint density at radius 1 is 0.706 bits per heavy atom. The molecular weight excluding hydrogens is 422 g/mol. The highest BCUT2D eigenvalue weighted by Crippen LogP contribution is 2.53. The van der Waals surface area contributed by atoms with Crippen molar-refractivity contribution in [1.29, 1.82) is 0 Å². The third-order valence-electron chi connectivity index (χ3n) is 7.87. The Hall–Kier alpha value is -3.66. The van der Waals surface area contributed by atoms with Gasteiger partial charge in [-0.15, -0.1) is 0 Å². The Morgan fingerprint density at radius 2 is 1.21 bits per heavy atom. The second-order valence-corrected chi connectivity index (χ2v) is 10.1. The quantitative estimate of drug-likeness (QED) is 0.348. The van der Waals surface area contributed by atoms with Gasteiger partial charge in [-0.3, -0.25) is 14.5 Å². The summed E-state index contributed by atoms with van der Waals surface area (Å²) in [6.07, 6.45) is 5.17. The lowest BCUT2D eigenvalue weighted by molar-refractivity contribution is -0.123. The molecular formula is C30H27NO3. The number of anilines is 1. The van der Waals surface area contributed by atoms with E-state index in [0.717, 1.165) is 12.2 Å². The molecule has 1 saturated heterocycles. The van der Waals surface area contributed by atoms with Crippen LogP contribution in [0.3, 0.4) is 0 Å². The summed E-state index contributed by atoms with van der Waals surface area (Å²) in [4.78, 5) is 27.4. The lowest BCUT2D eigenvalue weighted by Gasteiger charge is -2.26. The van der Waals surface area contributed by atoms with Crippen LogP contribution in [0.4, 0.5) is 5.69 Å². The molecule has 3 aliphatic rings. The Kier molecular flexibility index (Phi) is 4.73. The molecule has 3 aromatic rings. The SMILES string of the molecule is CC(C)(c1ccccc1)c1ccc(Oc2ccc(N3C(=O)[C@@H]4[C@@H](C3=O)[C@H]3C=C[C@H]4C3)cc2)cc1. The standard InChI is InChI=1S/C30H27NO3/c1-30(2,21-6-4-3-5-7-21)22-10-14-24(15-11-22)34-25-16-12-23(13-17-25)31-28(32)26-19-8-9-20(18-19)27(26)29(31)33/h3-17,19-20,26-27H,18H2,1-2H3/t19-,20-,26-,27-/m0/s1. The molecule has 2 bridgehead atoms. The van der Waals surface area contributed by atoms with E-state index >= 15 is 0 Å². The molecule has 0 unspecified atom stereocenters. The van der Waals surface area contributed by atoms with Gasteiger partial charge in [0, 0.05) is 5.41 Å². The number of ether oxygens (including phenoxy) is 1. The maximum absolute atomic E-state index is 13.0. The number of amides is 2. The largest absolute Gasteiger partial charge is 0.457 e. The van der Waals surface area contributed by atoms with E-state index in [9.17, 15) is 9.59 Å². The molecule has 2 fully saturated rings. The van der Waals surface area contributed by atoms with Gasteiger partial charge in [-0.25, -0.2) is 0 Å². The van der Waals surface area contributed by atoms with E-state index in [1.54, 1.807) is 12.1 Å². The first-order valence-electron chi connectivity index (χ1n) is 11.9. The Bertz CT molecular complexity index is 1240. The molecule has 4 heteroatoms. The first-order chi connectivity index (χ1) is 16.4. The topological polar surface area (TPSA) is 46.6 Å². The molecule has 1 heterocycles. The molecule has 34 heavy (non-hydrogen) atoms. The smallest absolute Gasteiger partial charge is 0.238 e. The molecule has 1 aliphatic heterocycles. The monoisotopic (exact) mass is 449 g/mol. The summed E-state index contributed by atoms with van der Waals surface area (Å²) in [5.41, 5.74) is 2.99. The van der Waals surface area contributed by atoms with Gasteiger partial charge >= 0.3 is 0 Å². The first-order valence-corrected chi connectivity index (χ1v) is 11.9. The molecule has 4 nitrogen and oxygen atoms in total. The molecule has 3 aromatic carbocycles. The average molecular weight is 450 g/mol. The second kappa shape index (κ2) is 7.69. The molecule has 0 spiro atoms. The minimum Gasteiger partial charge on any atom is -0.457 e. The highest BCUT2D eigenvalue weighted by Gasteiger charge is 2.59. The van der Waals surface area contributed by atoms with Crippen LogP contribution in [0.15, 0.2) is 91.0 Å². The van der Waals surface area contributed by atoms with Crippen LogP contribution in [0.2, 0.25) is 0 Å². The number of carbonyl (C=O) groups is 2. The van der Waals surface area contributed by atoms with E-state index in [0.29, 0.717) is 11.4 Å². The summed E-state index contributed by atoms with van der Waals surface area (Å²) in [5, 5.41) is 0. The summed E-state index contributed by atoms with van der Waals surface area (Å²) in [6.45, 7) is 4.43. The van der Waals surface area contributed by atoms with Crippen molar-refractivity contribution >= 4 is 17.5 Å². The van der Waals surface area contributed by atoms with E-state index in [1.807, 2.05) is 30.3 Å². The van der Waals surface area contributed by atoms with Gasteiger partial charge in [0.25, 0.3) is 0 Å². The Balaban J connectivity index is 1.17. The van der Waals surface area contributed by atoms with Crippen molar-refractivity contribution in [1.82, 2.24) is 0 Å². The number of benzene rings is 3. The average Bonchev–Trinajstić information content (AvgIpc) is 3.54. The van der Waals surface area contributed by atoms with Crippen LogP contribution in [-0.2, 0) is 15.0 Å². The van der Waals surface area contributed by atoms with Crippen molar-refractivity contribution in [2.45, 2.75) is 25.7 Å². The van der Waals surface area contributed by atoms with E-state index < -0.39 is 0 Å². The van der Waals surface area contributed by atoms with E-state index in [-0.39, 0.29) is 40.9 Å². The zero-order valence-electron chi connectivity index (χ0n) is 19.3. The summed E-state index contributed by atoms with van der Waals surface area (Å²) in [6, 6.07) is 25.8. The third kappa shape index (κ3) is 3.20. The fraction of sp³-hybridized carbons (Fsp3) is 0.267. The van der Waals surface area contributed by atoms with Crippen LogP contribution in [0.5, 0.6) is 11.5 Å². The summed E-state index contributed by atoms with van der Waals surface area (Å²) < 4.78 is 6.04.